The third-order valence-electron chi connectivity index (χ3n) is 2.36. The van der Waals surface area contributed by atoms with E-state index in [0.29, 0.717) is 25.1 Å². The van der Waals surface area contributed by atoms with E-state index in [1.165, 1.54) is 0 Å². The van der Waals surface area contributed by atoms with Gasteiger partial charge in [0.25, 0.3) is 0 Å². The summed E-state index contributed by atoms with van der Waals surface area (Å²) in [7, 11) is 1.92. The average molecular weight is 256 g/mol. The number of hydrogen-bond donors (Lipinski definition) is 1. The SMILES string of the molecule is CCCNCc1nnc(N(C)CCOC(C)C)o1. The number of likely N-dealkylation sites (N-methyl/N-ethyl adjacent to an activating group) is 1. The van der Waals surface area contributed by atoms with Gasteiger partial charge in [0.15, 0.2) is 0 Å². The highest BCUT2D eigenvalue weighted by Gasteiger charge is 2.10. The van der Waals surface area contributed by atoms with Gasteiger partial charge in [-0.1, -0.05) is 12.0 Å². The largest absolute Gasteiger partial charge is 0.407 e. The fourth-order valence-corrected chi connectivity index (χ4v) is 1.36. The average Bonchev–Trinajstić information content (AvgIpc) is 2.77. The molecule has 0 bridgehead atoms. The summed E-state index contributed by atoms with van der Waals surface area (Å²) in [4.78, 5) is 1.90. The third kappa shape index (κ3) is 5.46. The number of nitrogens with zero attached hydrogens (tertiary/aromatic N) is 3. The Morgan fingerprint density at radius 2 is 2.17 bits per heavy atom. The lowest BCUT2D eigenvalue weighted by atomic mass is 10.5. The minimum absolute atomic E-state index is 0.245. The van der Waals surface area contributed by atoms with E-state index in [0.717, 1.165) is 19.5 Å². The number of aromatic nitrogens is 2. The summed E-state index contributed by atoms with van der Waals surface area (Å²) < 4.78 is 11.0. The first-order chi connectivity index (χ1) is 8.63. The maximum absolute atomic E-state index is 5.54. The Morgan fingerprint density at radius 3 is 2.83 bits per heavy atom. The highest BCUT2D eigenvalue weighted by atomic mass is 16.5. The molecule has 1 rings (SSSR count). The summed E-state index contributed by atoms with van der Waals surface area (Å²) in [6.07, 6.45) is 1.34. The van der Waals surface area contributed by atoms with Crippen LogP contribution in [0.25, 0.3) is 0 Å². The van der Waals surface area contributed by atoms with Gasteiger partial charge in [-0.05, 0) is 26.8 Å². The Balaban J connectivity index is 2.32. The second-order valence-corrected chi connectivity index (χ2v) is 4.50. The molecule has 0 saturated heterocycles. The Hall–Kier alpha value is -1.14. The molecule has 18 heavy (non-hydrogen) atoms. The van der Waals surface area contributed by atoms with Gasteiger partial charge >= 0.3 is 6.01 Å². The summed E-state index contributed by atoms with van der Waals surface area (Å²) >= 11 is 0. The summed E-state index contributed by atoms with van der Waals surface area (Å²) in [6.45, 7) is 9.12. The number of rotatable bonds is 9. The highest BCUT2D eigenvalue weighted by Crippen LogP contribution is 2.09. The van der Waals surface area contributed by atoms with Crippen molar-refractivity contribution in [1.82, 2.24) is 15.5 Å². The van der Waals surface area contributed by atoms with Gasteiger partial charge in [-0.15, -0.1) is 5.10 Å². The molecule has 0 unspecified atom stereocenters. The van der Waals surface area contributed by atoms with Gasteiger partial charge in [0.2, 0.25) is 5.89 Å². The standard InChI is InChI=1S/C12H24N4O2/c1-5-6-13-9-11-14-15-12(18-11)16(4)7-8-17-10(2)3/h10,13H,5-9H2,1-4H3. The van der Waals surface area contributed by atoms with Gasteiger partial charge in [-0.3, -0.25) is 0 Å². The Morgan fingerprint density at radius 1 is 1.39 bits per heavy atom. The molecule has 0 spiro atoms. The van der Waals surface area contributed by atoms with Crippen LogP contribution in [-0.4, -0.2) is 43.0 Å². The normalized spacial score (nSPS) is 11.2. The van der Waals surface area contributed by atoms with E-state index in [-0.39, 0.29) is 6.10 Å². The van der Waals surface area contributed by atoms with Gasteiger partial charge in [0, 0.05) is 13.6 Å². The monoisotopic (exact) mass is 256 g/mol. The molecule has 1 heterocycles. The maximum atomic E-state index is 5.54. The minimum atomic E-state index is 0.245. The van der Waals surface area contributed by atoms with Crippen LogP contribution < -0.4 is 10.2 Å². The first-order valence-corrected chi connectivity index (χ1v) is 6.49. The van der Waals surface area contributed by atoms with Gasteiger partial charge in [-0.2, -0.15) is 0 Å². The summed E-state index contributed by atoms with van der Waals surface area (Å²) in [5, 5.41) is 11.2. The summed E-state index contributed by atoms with van der Waals surface area (Å²) in [5.74, 6) is 0.620. The predicted octanol–water partition coefficient (Wildman–Crippen LogP) is 1.43. The van der Waals surface area contributed by atoms with E-state index in [4.69, 9.17) is 9.15 Å². The molecule has 0 aliphatic heterocycles. The van der Waals surface area contributed by atoms with E-state index in [1.807, 2.05) is 25.8 Å². The van der Waals surface area contributed by atoms with Gasteiger partial charge < -0.3 is 19.4 Å². The molecule has 0 saturated carbocycles. The topological polar surface area (TPSA) is 63.4 Å². The van der Waals surface area contributed by atoms with Crippen LogP contribution in [0.3, 0.4) is 0 Å². The minimum Gasteiger partial charge on any atom is -0.407 e. The molecule has 6 nitrogen and oxygen atoms in total. The van der Waals surface area contributed by atoms with E-state index in [1.54, 1.807) is 0 Å². The van der Waals surface area contributed by atoms with Crippen molar-refractivity contribution in [2.45, 2.75) is 39.8 Å². The van der Waals surface area contributed by atoms with Crippen LogP contribution in [0.5, 0.6) is 0 Å². The second-order valence-electron chi connectivity index (χ2n) is 4.50. The Labute approximate surface area is 109 Å². The summed E-state index contributed by atoms with van der Waals surface area (Å²) in [6, 6.07) is 0.538. The molecule has 0 amide bonds. The second kappa shape index (κ2) is 8.05. The molecule has 0 radical (unpaired) electrons. The Kier molecular flexibility index (Phi) is 6.67. The number of anilines is 1. The van der Waals surface area contributed by atoms with Crippen molar-refractivity contribution in [3.05, 3.63) is 5.89 Å². The first kappa shape index (κ1) is 14.9. The molecule has 0 fully saturated rings. The zero-order chi connectivity index (χ0) is 13.4. The molecule has 1 N–H and O–H groups in total. The van der Waals surface area contributed by atoms with Crippen LogP contribution in [-0.2, 0) is 11.3 Å². The molecular weight excluding hydrogens is 232 g/mol. The molecular formula is C12H24N4O2. The first-order valence-electron chi connectivity index (χ1n) is 6.49. The zero-order valence-electron chi connectivity index (χ0n) is 11.8. The lowest BCUT2D eigenvalue weighted by Crippen LogP contribution is -2.24. The van der Waals surface area contributed by atoms with Crippen molar-refractivity contribution in [3.8, 4) is 0 Å². The van der Waals surface area contributed by atoms with Gasteiger partial charge in [0.1, 0.15) is 0 Å². The van der Waals surface area contributed by atoms with E-state index in [2.05, 4.69) is 22.4 Å². The molecule has 6 heteroatoms. The maximum Gasteiger partial charge on any atom is 0.318 e. The molecule has 1 aromatic heterocycles. The van der Waals surface area contributed by atoms with Gasteiger partial charge in [0.05, 0.1) is 19.3 Å². The molecule has 0 aliphatic carbocycles. The lowest BCUT2D eigenvalue weighted by Gasteiger charge is -2.14. The van der Waals surface area contributed by atoms with E-state index < -0.39 is 0 Å². The predicted molar refractivity (Wildman–Crippen MR) is 70.7 cm³/mol. The molecule has 0 aromatic carbocycles. The van der Waals surface area contributed by atoms with E-state index in [9.17, 15) is 0 Å². The Bertz CT molecular complexity index is 328. The lowest BCUT2D eigenvalue weighted by molar-refractivity contribution is 0.0841. The number of hydrogen-bond acceptors (Lipinski definition) is 6. The van der Waals surface area contributed by atoms with Crippen molar-refractivity contribution in [3.63, 3.8) is 0 Å². The van der Waals surface area contributed by atoms with Crippen LogP contribution in [0.1, 0.15) is 33.1 Å². The number of nitrogens with one attached hydrogen (secondary N) is 1. The van der Waals surface area contributed by atoms with E-state index >= 15 is 0 Å². The molecule has 0 atom stereocenters. The number of ether oxygens (including phenoxy) is 1. The van der Waals surface area contributed by atoms with Gasteiger partial charge in [-0.25, -0.2) is 0 Å². The molecule has 0 aliphatic rings. The van der Waals surface area contributed by atoms with Crippen molar-refractivity contribution in [2.24, 2.45) is 0 Å². The van der Waals surface area contributed by atoms with Crippen molar-refractivity contribution >= 4 is 6.01 Å². The fraction of sp³-hybridized carbons (Fsp3) is 0.833. The fourth-order valence-electron chi connectivity index (χ4n) is 1.36. The smallest absolute Gasteiger partial charge is 0.318 e. The van der Waals surface area contributed by atoms with Crippen LogP contribution in [0, 0.1) is 0 Å². The van der Waals surface area contributed by atoms with Crippen molar-refractivity contribution in [2.75, 3.05) is 31.6 Å². The quantitative estimate of drug-likeness (QED) is 0.674. The third-order valence-corrected chi connectivity index (χ3v) is 2.36. The van der Waals surface area contributed by atoms with Crippen LogP contribution in [0.2, 0.25) is 0 Å². The van der Waals surface area contributed by atoms with Crippen LogP contribution >= 0.6 is 0 Å². The van der Waals surface area contributed by atoms with Crippen molar-refractivity contribution in [1.29, 1.82) is 0 Å². The molecule has 1 aromatic rings. The zero-order valence-corrected chi connectivity index (χ0v) is 11.8. The van der Waals surface area contributed by atoms with Crippen LogP contribution in [0.15, 0.2) is 4.42 Å². The molecule has 104 valence electrons. The van der Waals surface area contributed by atoms with Crippen LogP contribution in [0.4, 0.5) is 6.01 Å². The van der Waals surface area contributed by atoms with Crippen molar-refractivity contribution < 1.29 is 9.15 Å². The summed E-state index contributed by atoms with van der Waals surface area (Å²) in [5.41, 5.74) is 0. The highest BCUT2D eigenvalue weighted by molar-refractivity contribution is 5.21.